The summed E-state index contributed by atoms with van der Waals surface area (Å²) in [6.07, 6.45) is 0.676. The molecule has 3 heterocycles. The maximum atomic E-state index is 13.3. The lowest BCUT2D eigenvalue weighted by Gasteiger charge is -2.31. The van der Waals surface area contributed by atoms with Crippen molar-refractivity contribution in [1.82, 2.24) is 14.9 Å². The summed E-state index contributed by atoms with van der Waals surface area (Å²) in [7, 11) is 0. The summed E-state index contributed by atoms with van der Waals surface area (Å²) in [5, 5.41) is 6.04. The average Bonchev–Trinajstić information content (AvgIpc) is 3.46. The first-order valence-electron chi connectivity index (χ1n) is 11.9. The molecule has 0 unspecified atom stereocenters. The molecule has 0 radical (unpaired) electrons. The molecule has 186 valence electrons. The van der Waals surface area contributed by atoms with Gasteiger partial charge in [0, 0.05) is 28.6 Å². The van der Waals surface area contributed by atoms with Crippen LogP contribution in [-0.4, -0.2) is 45.2 Å². The van der Waals surface area contributed by atoms with Gasteiger partial charge in [-0.05, 0) is 30.7 Å². The fourth-order valence-electron chi connectivity index (χ4n) is 4.41. The molecule has 1 aliphatic heterocycles. The Morgan fingerprint density at radius 1 is 1.14 bits per heavy atom. The zero-order valence-electron chi connectivity index (χ0n) is 20.4. The second kappa shape index (κ2) is 8.89. The molecule has 0 spiro atoms. The molecule has 9 heteroatoms. The fourth-order valence-corrected chi connectivity index (χ4v) is 4.41. The number of Topliss-reactive ketones (excluding diaryl/α,β-unsaturated/α-hetero) is 1. The number of anilines is 3. The van der Waals surface area contributed by atoms with Crippen molar-refractivity contribution in [3.05, 3.63) is 59.9 Å². The van der Waals surface area contributed by atoms with Gasteiger partial charge in [-0.15, -0.1) is 0 Å². The van der Waals surface area contributed by atoms with Gasteiger partial charge in [-0.25, -0.2) is 9.37 Å². The minimum atomic E-state index is -1.10. The smallest absolute Gasteiger partial charge is 0.231 e. The SMILES string of the molecule is CC(C)(C)C(=O)N1CC(=O)c2c([nH]c(-c3ccnc(NC(=O)[C@@H]4C[C@@H]4F)c3)c2Nc2ccccc2)C1. The molecule has 2 amide bonds. The number of nitrogens with one attached hydrogen (secondary N) is 3. The lowest BCUT2D eigenvalue weighted by atomic mass is 9.93. The second-order valence-electron chi connectivity index (χ2n) is 10.3. The molecule has 1 aliphatic carbocycles. The molecule has 36 heavy (non-hydrogen) atoms. The Morgan fingerprint density at radius 2 is 1.86 bits per heavy atom. The van der Waals surface area contributed by atoms with Crippen molar-refractivity contribution in [2.24, 2.45) is 11.3 Å². The number of benzene rings is 1. The van der Waals surface area contributed by atoms with E-state index >= 15 is 0 Å². The highest BCUT2D eigenvalue weighted by atomic mass is 19.1. The molecule has 8 nitrogen and oxygen atoms in total. The third kappa shape index (κ3) is 4.60. The minimum absolute atomic E-state index is 0.00664. The average molecular weight is 490 g/mol. The molecule has 3 aromatic rings. The van der Waals surface area contributed by atoms with Crippen LogP contribution >= 0.6 is 0 Å². The quantitative estimate of drug-likeness (QED) is 0.482. The van der Waals surface area contributed by atoms with E-state index < -0.39 is 23.4 Å². The number of carbonyl (C=O) groups is 3. The van der Waals surface area contributed by atoms with Crippen molar-refractivity contribution in [1.29, 1.82) is 0 Å². The fraction of sp³-hybridized carbons (Fsp3) is 0.333. The number of halogens is 1. The van der Waals surface area contributed by atoms with Gasteiger partial charge in [0.25, 0.3) is 0 Å². The van der Waals surface area contributed by atoms with Gasteiger partial charge >= 0.3 is 0 Å². The number of nitrogens with zero attached hydrogens (tertiary/aromatic N) is 2. The third-order valence-electron chi connectivity index (χ3n) is 6.36. The number of hydrogen-bond acceptors (Lipinski definition) is 5. The lowest BCUT2D eigenvalue weighted by molar-refractivity contribution is -0.139. The van der Waals surface area contributed by atoms with E-state index in [2.05, 4.69) is 20.6 Å². The van der Waals surface area contributed by atoms with Crippen LogP contribution in [0.5, 0.6) is 0 Å². The summed E-state index contributed by atoms with van der Waals surface area (Å²) in [5.41, 5.74) is 3.24. The van der Waals surface area contributed by atoms with E-state index in [0.29, 0.717) is 34.0 Å². The summed E-state index contributed by atoms with van der Waals surface area (Å²) in [6.45, 7) is 5.76. The predicted molar refractivity (Wildman–Crippen MR) is 135 cm³/mol. The van der Waals surface area contributed by atoms with E-state index in [1.807, 2.05) is 51.1 Å². The Labute approximate surface area is 208 Å². The number of aromatic amines is 1. The van der Waals surface area contributed by atoms with Crippen LogP contribution < -0.4 is 10.6 Å². The van der Waals surface area contributed by atoms with E-state index in [1.165, 1.54) is 0 Å². The van der Waals surface area contributed by atoms with Crippen LogP contribution in [0.3, 0.4) is 0 Å². The van der Waals surface area contributed by atoms with Crippen molar-refractivity contribution in [3.8, 4) is 11.3 Å². The topological polar surface area (TPSA) is 107 Å². The highest BCUT2D eigenvalue weighted by Crippen LogP contribution is 2.39. The Kier molecular flexibility index (Phi) is 5.86. The molecular formula is C27H28FN5O3. The number of ketones is 1. The highest BCUT2D eigenvalue weighted by Gasteiger charge is 2.43. The van der Waals surface area contributed by atoms with Gasteiger partial charge in [0.1, 0.15) is 12.0 Å². The van der Waals surface area contributed by atoms with Crippen molar-refractivity contribution in [2.75, 3.05) is 17.2 Å². The lowest BCUT2D eigenvalue weighted by Crippen LogP contribution is -2.44. The molecular weight excluding hydrogens is 461 g/mol. The molecule has 0 bridgehead atoms. The van der Waals surface area contributed by atoms with Gasteiger partial charge in [0.2, 0.25) is 11.8 Å². The van der Waals surface area contributed by atoms with Crippen LogP contribution in [0.2, 0.25) is 0 Å². The van der Waals surface area contributed by atoms with Crippen LogP contribution in [-0.2, 0) is 16.1 Å². The highest BCUT2D eigenvalue weighted by molar-refractivity contribution is 6.09. The number of pyridine rings is 1. The molecule has 1 fully saturated rings. The number of hydrogen-bond donors (Lipinski definition) is 3. The number of rotatable bonds is 5. The van der Waals surface area contributed by atoms with Gasteiger partial charge in [-0.2, -0.15) is 0 Å². The molecule has 3 N–H and O–H groups in total. The molecule has 0 saturated heterocycles. The Hall–Kier alpha value is -4.01. The van der Waals surface area contributed by atoms with Crippen LogP contribution in [0, 0.1) is 11.3 Å². The van der Waals surface area contributed by atoms with Crippen LogP contribution in [0.4, 0.5) is 21.6 Å². The minimum Gasteiger partial charge on any atom is -0.355 e. The normalized spacial score (nSPS) is 19.0. The third-order valence-corrected chi connectivity index (χ3v) is 6.36. The van der Waals surface area contributed by atoms with Gasteiger partial charge in [-0.1, -0.05) is 39.0 Å². The molecule has 2 aliphatic rings. The van der Waals surface area contributed by atoms with E-state index in [-0.39, 0.29) is 31.2 Å². The monoisotopic (exact) mass is 489 g/mol. The van der Waals surface area contributed by atoms with Crippen LogP contribution in [0.15, 0.2) is 48.7 Å². The number of para-hydroxylation sites is 1. The van der Waals surface area contributed by atoms with Gasteiger partial charge in [-0.3, -0.25) is 14.4 Å². The number of H-pyrrole nitrogens is 1. The Morgan fingerprint density at radius 3 is 2.53 bits per heavy atom. The van der Waals surface area contributed by atoms with Crippen molar-refractivity contribution in [2.45, 2.75) is 39.9 Å². The molecule has 1 saturated carbocycles. The van der Waals surface area contributed by atoms with Crippen molar-refractivity contribution >= 4 is 34.8 Å². The van der Waals surface area contributed by atoms with Gasteiger partial charge < -0.3 is 20.5 Å². The van der Waals surface area contributed by atoms with Crippen LogP contribution in [0.25, 0.3) is 11.3 Å². The standard InChI is InChI=1S/C27H28FN5O3/c1-27(2,3)26(36)33-13-19-22(20(34)14-33)24(30-16-7-5-4-6-8-16)23(31-19)15-9-10-29-21(11-15)32-25(35)17-12-18(17)28/h4-11,17-18,30-31H,12-14H2,1-3H3,(H,29,32,35)/t17-,18+/m1/s1. The largest absolute Gasteiger partial charge is 0.355 e. The first kappa shape index (κ1) is 23.7. The second-order valence-corrected chi connectivity index (χ2v) is 10.3. The Bertz CT molecular complexity index is 1350. The molecule has 2 aromatic heterocycles. The van der Waals surface area contributed by atoms with Crippen molar-refractivity contribution < 1.29 is 18.8 Å². The zero-order chi connectivity index (χ0) is 25.6. The molecule has 1 aromatic carbocycles. The first-order chi connectivity index (χ1) is 17.1. The van der Waals surface area contributed by atoms with E-state index in [0.717, 1.165) is 5.69 Å². The van der Waals surface area contributed by atoms with Crippen LogP contribution in [0.1, 0.15) is 43.2 Å². The number of fused-ring (bicyclic) bond motifs is 1. The summed E-state index contributed by atoms with van der Waals surface area (Å²) in [6, 6.07) is 12.9. The number of alkyl halides is 1. The van der Waals surface area contributed by atoms with E-state index in [9.17, 15) is 18.8 Å². The number of aromatic nitrogens is 2. The van der Waals surface area contributed by atoms with Gasteiger partial charge in [0.15, 0.2) is 5.78 Å². The predicted octanol–water partition coefficient (Wildman–Crippen LogP) is 4.69. The van der Waals surface area contributed by atoms with E-state index in [1.54, 1.807) is 23.2 Å². The van der Waals surface area contributed by atoms with Crippen molar-refractivity contribution in [3.63, 3.8) is 0 Å². The van der Waals surface area contributed by atoms with Gasteiger partial charge in [0.05, 0.1) is 36.0 Å². The zero-order valence-corrected chi connectivity index (χ0v) is 20.4. The summed E-state index contributed by atoms with van der Waals surface area (Å²) < 4.78 is 13.3. The number of carbonyl (C=O) groups excluding carboxylic acids is 3. The molecule has 2 atom stereocenters. The maximum Gasteiger partial charge on any atom is 0.231 e. The first-order valence-corrected chi connectivity index (χ1v) is 11.9. The Balaban J connectivity index is 1.54. The summed E-state index contributed by atoms with van der Waals surface area (Å²) in [5.74, 6) is -0.999. The molecule has 5 rings (SSSR count). The number of amides is 2. The summed E-state index contributed by atoms with van der Waals surface area (Å²) >= 11 is 0. The summed E-state index contributed by atoms with van der Waals surface area (Å²) in [4.78, 5) is 47.6. The maximum absolute atomic E-state index is 13.3. The van der Waals surface area contributed by atoms with E-state index in [4.69, 9.17) is 0 Å².